The van der Waals surface area contributed by atoms with E-state index < -0.39 is 0 Å². The van der Waals surface area contributed by atoms with E-state index in [0.717, 1.165) is 26.4 Å². The maximum atomic E-state index is 6.15. The molecule has 0 radical (unpaired) electrons. The van der Waals surface area contributed by atoms with Gasteiger partial charge >= 0.3 is 0 Å². The second-order valence-corrected chi connectivity index (χ2v) is 15.7. The van der Waals surface area contributed by atoms with Crippen LogP contribution in [0.1, 0.15) is 51.4 Å². The average Bonchev–Trinajstić information content (AvgIpc) is 3.10. The van der Waals surface area contributed by atoms with Crippen molar-refractivity contribution in [2.45, 2.75) is 58.2 Å². The first-order valence-corrected chi connectivity index (χ1v) is 12.0. The van der Waals surface area contributed by atoms with Gasteiger partial charge in [0, 0.05) is 28.5 Å². The molecule has 10 fully saturated rings. The molecule has 130 valence electrons. The Morgan fingerprint density at radius 3 is 1.04 bits per heavy atom. The molecule has 0 aromatic carbocycles. The summed E-state index contributed by atoms with van der Waals surface area (Å²) in [6.07, 6.45) is 12.0. The fraction of sp³-hybridized carbons (Fsp3) is 1.00. The van der Waals surface area contributed by atoms with Crippen LogP contribution in [0.5, 0.6) is 0 Å². The van der Waals surface area contributed by atoms with Crippen LogP contribution in [0.3, 0.4) is 0 Å². The van der Waals surface area contributed by atoms with Crippen LogP contribution in [0.15, 0.2) is 0 Å². The first-order valence-electron chi connectivity index (χ1n) is 9.85. The molecule has 2 aliphatic heterocycles. The van der Waals surface area contributed by atoms with Gasteiger partial charge in [-0.25, -0.2) is 0 Å². The maximum absolute atomic E-state index is 6.15. The van der Waals surface area contributed by atoms with Crippen molar-refractivity contribution in [3.63, 3.8) is 0 Å². The number of rotatable bonds is 0. The fourth-order valence-corrected chi connectivity index (χ4v) is 15.9. The van der Waals surface area contributed by atoms with Crippen molar-refractivity contribution in [2.24, 2.45) is 32.5 Å². The molecule has 8 aliphatic carbocycles. The van der Waals surface area contributed by atoms with Gasteiger partial charge in [0.2, 0.25) is 0 Å². The number of ether oxygens (including phenoxy) is 2. The quantitative estimate of drug-likeness (QED) is 0.327. The predicted molar refractivity (Wildman–Crippen MR) is 107 cm³/mol. The first-order chi connectivity index (χ1) is 11.3. The van der Waals surface area contributed by atoms with Crippen LogP contribution in [0.2, 0.25) is 0 Å². The lowest BCUT2D eigenvalue weighted by Crippen LogP contribution is -2.69. The maximum Gasteiger partial charge on any atom is 0.0529 e. The molecule has 0 aromatic heterocycles. The van der Waals surface area contributed by atoms with Gasteiger partial charge in [0.1, 0.15) is 0 Å². The second-order valence-electron chi connectivity index (χ2n) is 11.6. The van der Waals surface area contributed by atoms with Gasteiger partial charge in [-0.05, 0) is 62.2 Å². The van der Waals surface area contributed by atoms with Gasteiger partial charge in [0.25, 0.3) is 0 Å². The summed E-state index contributed by atoms with van der Waals surface area (Å²) in [5, 5.41) is 0. The van der Waals surface area contributed by atoms with E-state index in [9.17, 15) is 0 Å². The number of halogens is 2. The van der Waals surface area contributed by atoms with Crippen molar-refractivity contribution in [1.29, 1.82) is 0 Å². The highest BCUT2D eigenvalue weighted by Crippen LogP contribution is 2.99. The van der Waals surface area contributed by atoms with Crippen molar-refractivity contribution < 1.29 is 9.47 Å². The van der Waals surface area contributed by atoms with Gasteiger partial charge in [0.05, 0.1) is 26.4 Å². The highest BCUT2D eigenvalue weighted by atomic mass is 127. The minimum atomic E-state index is 0.555. The van der Waals surface area contributed by atoms with Crippen molar-refractivity contribution in [3.8, 4) is 0 Å². The minimum Gasteiger partial charge on any atom is -0.380 e. The van der Waals surface area contributed by atoms with Crippen LogP contribution < -0.4 is 0 Å². The molecule has 10 aliphatic rings. The van der Waals surface area contributed by atoms with Crippen molar-refractivity contribution in [2.75, 3.05) is 26.4 Å². The molecule has 0 amide bonds. The molecular weight excluding hydrogens is 526 g/mol. The Bertz CT molecular complexity index is 644. The lowest BCUT2D eigenvalue weighted by molar-refractivity contribution is -0.143. The third-order valence-corrected chi connectivity index (χ3v) is 15.0. The van der Waals surface area contributed by atoms with E-state index in [1.807, 2.05) is 0 Å². The lowest BCUT2D eigenvalue weighted by Gasteiger charge is -2.70. The standard InChI is InChI=1S/C20H24I2O2/c21-19-7-15-3-18(4-16(15,8-19)12-24-11-15)17(19)1-13-5-20(18,22)6-14(13,2-17)10-23-9-13/h1-12H2. The zero-order chi connectivity index (χ0) is 15.9. The normalized spacial score (nSPS) is 78.2. The molecule has 6 spiro atoms. The number of hydrogen-bond donors (Lipinski definition) is 0. The van der Waals surface area contributed by atoms with Crippen LogP contribution in [0.25, 0.3) is 0 Å². The zero-order valence-corrected chi connectivity index (χ0v) is 18.4. The highest BCUT2D eigenvalue weighted by Gasteiger charge is 2.95. The Morgan fingerprint density at radius 2 is 0.750 bits per heavy atom. The molecule has 2 nitrogen and oxygen atoms in total. The summed E-state index contributed by atoms with van der Waals surface area (Å²) in [6.45, 7) is 4.34. The zero-order valence-electron chi connectivity index (χ0n) is 14.1. The monoisotopic (exact) mass is 550 g/mol. The van der Waals surface area contributed by atoms with E-state index in [-0.39, 0.29) is 0 Å². The molecule has 8 saturated carbocycles. The summed E-state index contributed by atoms with van der Waals surface area (Å²) in [4.78, 5) is 0. The molecule has 10 rings (SSSR count). The summed E-state index contributed by atoms with van der Waals surface area (Å²) in [7, 11) is 0. The number of alkyl halides is 2. The summed E-state index contributed by atoms with van der Waals surface area (Å²) in [5.74, 6) is 0. The SMILES string of the molecule is IC12CC34COCC3(C1)CC1(C4)C3(I)CC45COCC4(C3)CC21C5. The molecule has 0 N–H and O–H groups in total. The molecule has 24 heavy (non-hydrogen) atoms. The van der Waals surface area contributed by atoms with Crippen molar-refractivity contribution in [1.82, 2.24) is 0 Å². The number of hydrogen-bond acceptors (Lipinski definition) is 2. The van der Waals surface area contributed by atoms with E-state index in [4.69, 9.17) is 9.47 Å². The van der Waals surface area contributed by atoms with Gasteiger partial charge < -0.3 is 9.47 Å². The van der Waals surface area contributed by atoms with Crippen molar-refractivity contribution >= 4 is 45.2 Å². The Kier molecular flexibility index (Phi) is 1.99. The van der Waals surface area contributed by atoms with Crippen LogP contribution in [0, 0.1) is 32.5 Å². The lowest BCUT2D eigenvalue weighted by atomic mass is 9.40. The fourth-order valence-electron chi connectivity index (χ4n) is 11.2. The largest absolute Gasteiger partial charge is 0.380 e. The highest BCUT2D eigenvalue weighted by molar-refractivity contribution is 14.1. The van der Waals surface area contributed by atoms with E-state index in [1.165, 1.54) is 51.4 Å². The molecule has 2 saturated heterocycles. The first kappa shape index (κ1) is 14.4. The Balaban J connectivity index is 1.46. The predicted octanol–water partition coefficient (Wildman–Crippen LogP) is 4.52. The van der Waals surface area contributed by atoms with Gasteiger partial charge in [0.15, 0.2) is 0 Å². The second kappa shape index (κ2) is 3.32. The van der Waals surface area contributed by atoms with Crippen LogP contribution in [-0.2, 0) is 9.47 Å². The van der Waals surface area contributed by atoms with E-state index in [0.29, 0.717) is 39.3 Å². The third kappa shape index (κ3) is 0.961. The summed E-state index contributed by atoms with van der Waals surface area (Å²) in [5.41, 5.74) is 3.47. The molecule has 4 unspecified atom stereocenters. The molecule has 2 heterocycles. The van der Waals surface area contributed by atoms with E-state index in [1.54, 1.807) is 0 Å². The summed E-state index contributed by atoms with van der Waals surface area (Å²) in [6, 6.07) is 0. The van der Waals surface area contributed by atoms with Crippen LogP contribution in [-0.4, -0.2) is 33.3 Å². The summed E-state index contributed by atoms with van der Waals surface area (Å²) >= 11 is 6.04. The van der Waals surface area contributed by atoms with Crippen LogP contribution in [0.4, 0.5) is 0 Å². The molecule has 8 bridgehead atoms. The average molecular weight is 550 g/mol. The van der Waals surface area contributed by atoms with E-state index in [2.05, 4.69) is 45.2 Å². The molecule has 4 atom stereocenters. The van der Waals surface area contributed by atoms with Gasteiger partial charge in [-0.15, -0.1) is 0 Å². The van der Waals surface area contributed by atoms with Gasteiger partial charge in [-0.3, -0.25) is 0 Å². The molecule has 4 heteroatoms. The minimum absolute atomic E-state index is 0.555. The third-order valence-electron chi connectivity index (χ3n) is 11.4. The van der Waals surface area contributed by atoms with E-state index >= 15 is 0 Å². The topological polar surface area (TPSA) is 18.5 Å². The Morgan fingerprint density at radius 1 is 0.458 bits per heavy atom. The molecular formula is C20H24I2O2. The van der Waals surface area contributed by atoms with Crippen molar-refractivity contribution in [3.05, 3.63) is 0 Å². The van der Waals surface area contributed by atoms with Gasteiger partial charge in [-0.2, -0.15) is 0 Å². The van der Waals surface area contributed by atoms with Gasteiger partial charge in [-0.1, -0.05) is 45.2 Å². The Labute approximate surface area is 170 Å². The Hall–Kier alpha value is 1.38. The smallest absolute Gasteiger partial charge is 0.0529 e. The van der Waals surface area contributed by atoms with Crippen LogP contribution >= 0.6 is 45.2 Å². The molecule has 0 aromatic rings. The summed E-state index contributed by atoms with van der Waals surface area (Å²) < 4.78 is 13.4.